The Balaban J connectivity index is 1.90. The number of hydrogen-bond donors (Lipinski definition) is 3. The van der Waals surface area contributed by atoms with Crippen LogP contribution in [0.3, 0.4) is 0 Å². The van der Waals surface area contributed by atoms with E-state index in [0.717, 1.165) is 0 Å². The summed E-state index contributed by atoms with van der Waals surface area (Å²) < 4.78 is 29.4. The number of hydrogen-bond acceptors (Lipinski definition) is 4. The van der Waals surface area contributed by atoms with Crippen molar-refractivity contribution in [1.29, 1.82) is 0 Å². The Kier molecular flexibility index (Phi) is 6.48. The lowest BCUT2D eigenvalue weighted by Crippen LogP contribution is -2.35. The Morgan fingerprint density at radius 3 is 2.17 bits per heavy atom. The monoisotopic (exact) mass is 445 g/mol. The summed E-state index contributed by atoms with van der Waals surface area (Å²) in [5, 5.41) is 15.7. The normalized spacial score (nSPS) is 11.7. The van der Waals surface area contributed by atoms with Gasteiger partial charge in [0.2, 0.25) is 0 Å². The van der Waals surface area contributed by atoms with E-state index in [4.69, 9.17) is 23.8 Å². The summed E-state index contributed by atoms with van der Waals surface area (Å²) in [5.74, 6) is 0.187. The fourth-order valence-corrected chi connectivity index (χ4v) is 3.66. The molecular weight excluding hydrogens is 430 g/mol. The first-order valence-electron chi connectivity index (χ1n) is 8.36. The van der Waals surface area contributed by atoms with E-state index in [1.165, 1.54) is 36.4 Å². The summed E-state index contributed by atoms with van der Waals surface area (Å²) >= 11 is 11.1. The summed E-state index contributed by atoms with van der Waals surface area (Å²) in [6.45, 7) is 0. The Morgan fingerprint density at radius 2 is 1.55 bits per heavy atom. The van der Waals surface area contributed by atoms with Gasteiger partial charge in [0.05, 0.1) is 4.90 Å². The summed E-state index contributed by atoms with van der Waals surface area (Å²) in [7, 11) is -4.00. The molecule has 0 amide bonds. The first-order valence-corrected chi connectivity index (χ1v) is 10.6. The average Bonchev–Trinajstić information content (AvgIpc) is 2.70. The van der Waals surface area contributed by atoms with Crippen LogP contribution in [0.5, 0.6) is 5.75 Å². The molecule has 148 valence electrons. The molecule has 29 heavy (non-hydrogen) atoms. The van der Waals surface area contributed by atoms with E-state index >= 15 is 0 Å². The van der Waals surface area contributed by atoms with Crippen LogP contribution < -0.4 is 10.6 Å². The van der Waals surface area contributed by atoms with Crippen molar-refractivity contribution < 1.29 is 13.5 Å². The van der Waals surface area contributed by atoms with Crippen LogP contribution >= 0.6 is 23.8 Å². The van der Waals surface area contributed by atoms with E-state index in [9.17, 15) is 13.5 Å². The number of phenols is 1. The van der Waals surface area contributed by atoms with Crippen LogP contribution in [0.4, 0.5) is 5.69 Å². The number of rotatable bonds is 4. The molecule has 6 nitrogen and oxygen atoms in total. The van der Waals surface area contributed by atoms with Gasteiger partial charge in [-0.15, -0.1) is 4.40 Å². The molecule has 0 atom stereocenters. The van der Waals surface area contributed by atoms with E-state index in [1.807, 2.05) is 6.07 Å². The second kappa shape index (κ2) is 9.04. The fourth-order valence-electron chi connectivity index (χ4n) is 2.34. The minimum atomic E-state index is -4.00. The van der Waals surface area contributed by atoms with Gasteiger partial charge in [0.15, 0.2) is 10.9 Å². The molecule has 0 aliphatic rings. The van der Waals surface area contributed by atoms with E-state index < -0.39 is 10.0 Å². The third-order valence-electron chi connectivity index (χ3n) is 3.73. The molecule has 0 aromatic heterocycles. The van der Waals surface area contributed by atoms with Gasteiger partial charge in [-0.2, -0.15) is 8.42 Å². The molecule has 0 aliphatic heterocycles. The van der Waals surface area contributed by atoms with Gasteiger partial charge in [-0.1, -0.05) is 41.9 Å². The number of benzene rings is 3. The van der Waals surface area contributed by atoms with Crippen molar-refractivity contribution in [1.82, 2.24) is 5.32 Å². The van der Waals surface area contributed by atoms with Gasteiger partial charge in [-0.25, -0.2) is 0 Å². The predicted octanol–water partition coefficient (Wildman–Crippen LogP) is 4.17. The van der Waals surface area contributed by atoms with E-state index in [0.29, 0.717) is 16.3 Å². The summed E-state index contributed by atoms with van der Waals surface area (Å²) in [6, 6.07) is 20.8. The average molecular weight is 446 g/mol. The third kappa shape index (κ3) is 5.77. The molecular formula is C20H16ClN3O3S2. The standard InChI is InChI=1S/C20H16ClN3O3S2/c21-15-6-12-18(13-7-15)29(26,27)24-19(14-4-2-1-3-5-14)23-20(28)22-16-8-10-17(25)11-9-16/h1-13,25H,(H2,22,23,24,28). The van der Waals surface area contributed by atoms with Crippen molar-refractivity contribution >= 4 is 50.5 Å². The topological polar surface area (TPSA) is 90.8 Å². The molecule has 3 rings (SSSR count). The molecule has 0 fully saturated rings. The van der Waals surface area contributed by atoms with Crippen molar-refractivity contribution in [3.8, 4) is 5.75 Å². The molecule has 3 aromatic rings. The van der Waals surface area contributed by atoms with Crippen molar-refractivity contribution in [3.05, 3.63) is 89.4 Å². The molecule has 0 aliphatic carbocycles. The number of nitrogens with zero attached hydrogens (tertiary/aromatic N) is 1. The molecule has 9 heteroatoms. The zero-order valence-electron chi connectivity index (χ0n) is 14.9. The summed E-state index contributed by atoms with van der Waals surface area (Å²) in [4.78, 5) is 0.00884. The number of halogens is 1. The Hall–Kier alpha value is -2.94. The second-order valence-electron chi connectivity index (χ2n) is 5.86. The largest absolute Gasteiger partial charge is 0.508 e. The maximum atomic E-state index is 12.7. The van der Waals surface area contributed by atoms with Gasteiger partial charge < -0.3 is 15.7 Å². The third-order valence-corrected chi connectivity index (χ3v) is 5.47. The molecule has 0 saturated carbocycles. The first kappa shape index (κ1) is 20.8. The van der Waals surface area contributed by atoms with Gasteiger partial charge in [0.1, 0.15) is 5.75 Å². The van der Waals surface area contributed by atoms with Crippen molar-refractivity contribution in [2.24, 2.45) is 4.40 Å². The molecule has 0 bridgehead atoms. The zero-order valence-corrected chi connectivity index (χ0v) is 17.3. The highest BCUT2D eigenvalue weighted by Gasteiger charge is 2.16. The lowest BCUT2D eigenvalue weighted by molar-refractivity contribution is 0.475. The highest BCUT2D eigenvalue weighted by Crippen LogP contribution is 2.17. The van der Waals surface area contributed by atoms with Gasteiger partial charge >= 0.3 is 0 Å². The molecule has 0 unspecified atom stereocenters. The smallest absolute Gasteiger partial charge is 0.284 e. The number of thiocarbonyl (C=S) groups is 1. The van der Waals surface area contributed by atoms with Crippen molar-refractivity contribution in [3.63, 3.8) is 0 Å². The van der Waals surface area contributed by atoms with E-state index in [2.05, 4.69) is 15.0 Å². The number of aromatic hydroxyl groups is 1. The van der Waals surface area contributed by atoms with Crippen LogP contribution in [0, 0.1) is 0 Å². The number of anilines is 1. The van der Waals surface area contributed by atoms with Crippen molar-refractivity contribution in [2.75, 3.05) is 5.32 Å². The fraction of sp³-hybridized carbons (Fsp3) is 0. The van der Waals surface area contributed by atoms with Crippen LogP contribution in [0.25, 0.3) is 0 Å². The van der Waals surface area contributed by atoms with Crippen LogP contribution in [0.2, 0.25) is 5.02 Å². The number of phenolic OH excluding ortho intramolecular Hbond substituents is 1. The van der Waals surface area contributed by atoms with E-state index in [-0.39, 0.29) is 21.6 Å². The molecule has 3 aromatic carbocycles. The Morgan fingerprint density at radius 1 is 0.931 bits per heavy atom. The minimum Gasteiger partial charge on any atom is -0.508 e. The maximum absolute atomic E-state index is 12.7. The van der Waals surface area contributed by atoms with Crippen LogP contribution in [-0.4, -0.2) is 24.5 Å². The lowest BCUT2D eigenvalue weighted by Gasteiger charge is -2.13. The maximum Gasteiger partial charge on any atom is 0.284 e. The zero-order chi connectivity index (χ0) is 20.9. The summed E-state index contributed by atoms with van der Waals surface area (Å²) in [5.41, 5.74) is 1.16. The van der Waals surface area contributed by atoms with Crippen LogP contribution in [0.15, 0.2) is 88.2 Å². The highest BCUT2D eigenvalue weighted by atomic mass is 35.5. The SMILES string of the molecule is O=S(=O)(/N=C(\NC(=S)Nc1ccc(O)cc1)c1ccccc1)c1ccc(Cl)cc1. The number of amidine groups is 1. The summed E-state index contributed by atoms with van der Waals surface area (Å²) in [6.07, 6.45) is 0. The molecule has 0 spiro atoms. The quantitative estimate of drug-likeness (QED) is 0.242. The van der Waals surface area contributed by atoms with Gasteiger partial charge in [0.25, 0.3) is 10.0 Å². The molecule has 0 heterocycles. The molecule has 3 N–H and O–H groups in total. The van der Waals surface area contributed by atoms with Crippen molar-refractivity contribution in [2.45, 2.75) is 4.90 Å². The Labute approximate surface area is 178 Å². The predicted molar refractivity (Wildman–Crippen MR) is 119 cm³/mol. The minimum absolute atomic E-state index is 0.00884. The molecule has 0 saturated heterocycles. The van der Waals surface area contributed by atoms with Crippen LogP contribution in [-0.2, 0) is 10.0 Å². The first-order chi connectivity index (χ1) is 13.8. The van der Waals surface area contributed by atoms with Gasteiger partial charge in [-0.3, -0.25) is 0 Å². The van der Waals surface area contributed by atoms with Gasteiger partial charge in [0, 0.05) is 16.3 Å². The second-order valence-corrected chi connectivity index (χ2v) is 8.31. The molecule has 0 radical (unpaired) electrons. The Bertz CT molecular complexity index is 1130. The highest BCUT2D eigenvalue weighted by molar-refractivity contribution is 7.90. The number of sulfonamides is 1. The van der Waals surface area contributed by atoms with Gasteiger partial charge in [-0.05, 0) is 60.7 Å². The lowest BCUT2D eigenvalue weighted by atomic mass is 10.2. The van der Waals surface area contributed by atoms with E-state index in [1.54, 1.807) is 36.4 Å². The number of nitrogens with one attached hydrogen (secondary N) is 2. The van der Waals surface area contributed by atoms with Crippen LogP contribution in [0.1, 0.15) is 5.56 Å².